The van der Waals surface area contributed by atoms with Crippen LogP contribution < -0.4 is 0 Å². The van der Waals surface area contributed by atoms with E-state index in [4.69, 9.17) is 0 Å². The first-order valence-corrected chi connectivity index (χ1v) is 4.51. The van der Waals surface area contributed by atoms with Crippen molar-refractivity contribution in [1.82, 2.24) is 14.6 Å². The number of rotatable bonds is 0. The molecule has 0 bridgehead atoms. The lowest BCUT2D eigenvalue weighted by molar-refractivity contribution is 0.928. The predicted molar refractivity (Wildman–Crippen MR) is 48.4 cm³/mol. The van der Waals surface area contributed by atoms with Gasteiger partial charge in [-0.15, -0.1) is 0 Å². The molecule has 2 heterocycles. The summed E-state index contributed by atoms with van der Waals surface area (Å²) in [6, 6.07) is 1.90. The fraction of sp³-hybridized carbons (Fsp3) is 0. The van der Waals surface area contributed by atoms with Crippen molar-refractivity contribution < 1.29 is 0 Å². The molecule has 3 nitrogen and oxygen atoms in total. The van der Waals surface area contributed by atoms with Crippen LogP contribution in [-0.4, -0.2) is 14.6 Å². The Morgan fingerprint density at radius 3 is 2.91 bits per heavy atom. The molecule has 0 aliphatic heterocycles. The van der Waals surface area contributed by atoms with Gasteiger partial charge in [0.05, 0.1) is 0 Å². The van der Waals surface area contributed by atoms with Crippen LogP contribution in [0.3, 0.4) is 0 Å². The van der Waals surface area contributed by atoms with E-state index in [9.17, 15) is 0 Å². The van der Waals surface area contributed by atoms with Gasteiger partial charge in [0.15, 0.2) is 0 Å². The minimum Gasteiger partial charge on any atom is -0.245 e. The van der Waals surface area contributed by atoms with Gasteiger partial charge in [0.25, 0.3) is 0 Å². The molecular weight excluding hydrogens is 274 g/mol. The van der Waals surface area contributed by atoms with Crippen molar-refractivity contribution >= 4 is 37.4 Å². The van der Waals surface area contributed by atoms with Crippen LogP contribution in [0, 0.1) is 0 Å². The SMILES string of the molecule is Brc1cc2c(Br)nccn2n1. The van der Waals surface area contributed by atoms with Gasteiger partial charge in [-0.25, -0.2) is 9.50 Å². The maximum absolute atomic E-state index is 4.14. The Morgan fingerprint density at radius 1 is 1.36 bits per heavy atom. The van der Waals surface area contributed by atoms with Crippen LogP contribution >= 0.6 is 31.9 Å². The van der Waals surface area contributed by atoms with Crippen LogP contribution in [0.15, 0.2) is 27.7 Å². The van der Waals surface area contributed by atoms with Crippen LogP contribution in [0.5, 0.6) is 0 Å². The third-order valence-electron chi connectivity index (χ3n) is 1.31. The quantitative estimate of drug-likeness (QED) is 0.739. The minimum absolute atomic E-state index is 0.804. The Hall–Kier alpha value is -0.420. The first-order valence-electron chi connectivity index (χ1n) is 2.93. The van der Waals surface area contributed by atoms with Gasteiger partial charge < -0.3 is 0 Å². The molecule has 2 aromatic rings. The summed E-state index contributed by atoms with van der Waals surface area (Å²) in [4.78, 5) is 4.06. The van der Waals surface area contributed by atoms with Crippen LogP contribution in [0.4, 0.5) is 0 Å². The minimum atomic E-state index is 0.804. The lowest BCUT2D eigenvalue weighted by Gasteiger charge is -1.91. The molecule has 0 spiro atoms. The first-order chi connectivity index (χ1) is 5.27. The van der Waals surface area contributed by atoms with Crippen LogP contribution in [0.25, 0.3) is 5.52 Å². The second-order valence-corrected chi connectivity index (χ2v) is 3.58. The molecule has 0 aliphatic rings. The molecular formula is C6H3Br2N3. The van der Waals surface area contributed by atoms with Crippen LogP contribution in [-0.2, 0) is 0 Å². The van der Waals surface area contributed by atoms with Gasteiger partial charge in [-0.3, -0.25) is 0 Å². The molecule has 0 unspecified atom stereocenters. The summed E-state index contributed by atoms with van der Waals surface area (Å²) in [5.74, 6) is 0. The molecule has 56 valence electrons. The second-order valence-electron chi connectivity index (χ2n) is 2.01. The maximum Gasteiger partial charge on any atom is 0.131 e. The van der Waals surface area contributed by atoms with E-state index in [1.54, 1.807) is 16.9 Å². The Labute approximate surface area is 79.7 Å². The predicted octanol–water partition coefficient (Wildman–Crippen LogP) is 2.25. The number of fused-ring (bicyclic) bond motifs is 1. The molecule has 0 aromatic carbocycles. The number of halogens is 2. The highest BCUT2D eigenvalue weighted by Crippen LogP contribution is 2.17. The lowest BCUT2D eigenvalue weighted by atomic mass is 10.5. The first kappa shape index (κ1) is 7.24. The Bertz CT molecular complexity index is 396. The van der Waals surface area contributed by atoms with Gasteiger partial charge in [0, 0.05) is 18.5 Å². The van der Waals surface area contributed by atoms with Crippen molar-refractivity contribution in [3.05, 3.63) is 27.7 Å². The highest BCUT2D eigenvalue weighted by Gasteiger charge is 2.01. The summed E-state index contributed by atoms with van der Waals surface area (Å²) in [6.45, 7) is 0. The Kier molecular flexibility index (Phi) is 1.69. The zero-order chi connectivity index (χ0) is 7.84. The molecule has 5 heteroatoms. The number of hydrogen-bond acceptors (Lipinski definition) is 2. The van der Waals surface area contributed by atoms with E-state index < -0.39 is 0 Å². The van der Waals surface area contributed by atoms with Crippen LogP contribution in [0.2, 0.25) is 0 Å². The summed E-state index contributed by atoms with van der Waals surface area (Å²) in [6.07, 6.45) is 3.49. The molecule has 0 amide bonds. The fourth-order valence-corrected chi connectivity index (χ4v) is 1.66. The number of aromatic nitrogens is 3. The summed E-state index contributed by atoms with van der Waals surface area (Å²) < 4.78 is 3.37. The summed E-state index contributed by atoms with van der Waals surface area (Å²) in [5.41, 5.74) is 0.958. The van der Waals surface area contributed by atoms with Crippen molar-refractivity contribution in [1.29, 1.82) is 0 Å². The van der Waals surface area contributed by atoms with Gasteiger partial charge in [0.2, 0.25) is 0 Å². The van der Waals surface area contributed by atoms with E-state index in [0.717, 1.165) is 14.7 Å². The Morgan fingerprint density at radius 2 is 2.18 bits per heavy atom. The summed E-state index contributed by atoms with van der Waals surface area (Å²) in [7, 11) is 0. The van der Waals surface area contributed by atoms with Crippen LogP contribution in [0.1, 0.15) is 0 Å². The number of hydrogen-bond donors (Lipinski definition) is 0. The molecule has 0 fully saturated rings. The van der Waals surface area contributed by atoms with Gasteiger partial charge in [-0.05, 0) is 31.9 Å². The third kappa shape index (κ3) is 1.18. The van der Waals surface area contributed by atoms with Gasteiger partial charge in [-0.2, -0.15) is 5.10 Å². The Balaban J connectivity index is 2.90. The second kappa shape index (κ2) is 2.57. The number of nitrogens with zero attached hydrogens (tertiary/aromatic N) is 3. The van der Waals surface area contributed by atoms with E-state index in [0.29, 0.717) is 0 Å². The molecule has 0 N–H and O–H groups in total. The van der Waals surface area contributed by atoms with E-state index >= 15 is 0 Å². The molecule has 0 saturated carbocycles. The topological polar surface area (TPSA) is 30.2 Å². The van der Waals surface area contributed by atoms with E-state index in [1.165, 1.54) is 0 Å². The van der Waals surface area contributed by atoms with Crippen molar-refractivity contribution in [2.75, 3.05) is 0 Å². The smallest absolute Gasteiger partial charge is 0.131 e. The largest absolute Gasteiger partial charge is 0.245 e. The lowest BCUT2D eigenvalue weighted by Crippen LogP contribution is -1.87. The third-order valence-corrected chi connectivity index (χ3v) is 2.31. The zero-order valence-electron chi connectivity index (χ0n) is 5.33. The summed E-state index contributed by atoms with van der Waals surface area (Å²) in [5, 5.41) is 4.14. The van der Waals surface area contributed by atoms with Crippen molar-refractivity contribution in [2.45, 2.75) is 0 Å². The van der Waals surface area contributed by atoms with Crippen molar-refractivity contribution in [2.24, 2.45) is 0 Å². The average Bonchev–Trinajstić information content (AvgIpc) is 2.31. The highest BCUT2D eigenvalue weighted by molar-refractivity contribution is 9.11. The van der Waals surface area contributed by atoms with Gasteiger partial charge in [-0.1, -0.05) is 0 Å². The normalized spacial score (nSPS) is 10.7. The maximum atomic E-state index is 4.14. The van der Waals surface area contributed by atoms with Crippen molar-refractivity contribution in [3.8, 4) is 0 Å². The van der Waals surface area contributed by atoms with Gasteiger partial charge in [0.1, 0.15) is 14.7 Å². The molecule has 0 saturated heterocycles. The molecule has 0 atom stereocenters. The van der Waals surface area contributed by atoms with E-state index in [-0.39, 0.29) is 0 Å². The zero-order valence-corrected chi connectivity index (χ0v) is 8.50. The molecule has 11 heavy (non-hydrogen) atoms. The van der Waals surface area contributed by atoms with Crippen molar-refractivity contribution in [3.63, 3.8) is 0 Å². The molecule has 0 radical (unpaired) electrons. The van der Waals surface area contributed by atoms with Gasteiger partial charge >= 0.3 is 0 Å². The molecule has 0 aliphatic carbocycles. The van der Waals surface area contributed by atoms with E-state index in [1.807, 2.05) is 6.07 Å². The monoisotopic (exact) mass is 275 g/mol. The molecule has 2 rings (SSSR count). The average molecular weight is 277 g/mol. The standard InChI is InChI=1S/C6H3Br2N3/c7-5-3-4-6(8)9-1-2-11(4)10-5/h1-3H. The highest BCUT2D eigenvalue weighted by atomic mass is 79.9. The fourth-order valence-electron chi connectivity index (χ4n) is 0.860. The summed E-state index contributed by atoms with van der Waals surface area (Å²) >= 11 is 6.60. The molecule has 2 aromatic heterocycles. The van der Waals surface area contributed by atoms with E-state index in [2.05, 4.69) is 41.9 Å².